The fourth-order valence-electron chi connectivity index (χ4n) is 6.01. The van der Waals surface area contributed by atoms with Crippen molar-refractivity contribution < 1.29 is 38.4 Å². The van der Waals surface area contributed by atoms with Crippen molar-refractivity contribution >= 4 is 29.2 Å². The van der Waals surface area contributed by atoms with Gasteiger partial charge in [0.05, 0.1) is 36.8 Å². The monoisotopic (exact) mass is 688 g/mol. The van der Waals surface area contributed by atoms with Gasteiger partial charge in [0.15, 0.2) is 11.5 Å². The number of carbonyl (C=O) groups excluding carboxylic acids is 3. The molecule has 0 radical (unpaired) electrons. The molecule has 3 aromatic carbocycles. The van der Waals surface area contributed by atoms with Crippen LogP contribution in [0.15, 0.2) is 66.7 Å². The summed E-state index contributed by atoms with van der Waals surface area (Å²) in [4.78, 5) is 43.9. The Hall–Kier alpha value is -4.81. The number of hydrogen-bond donors (Lipinski definition) is 3. The lowest BCUT2D eigenvalue weighted by molar-refractivity contribution is -0.131. The fraction of sp³-hybridized carbons (Fsp3) is 0.447. The molecule has 0 bridgehead atoms. The summed E-state index contributed by atoms with van der Waals surface area (Å²) in [6.07, 6.45) is 2.12. The van der Waals surface area contributed by atoms with Gasteiger partial charge in [0.1, 0.15) is 5.75 Å². The third-order valence-electron chi connectivity index (χ3n) is 9.02. The first-order valence-electron chi connectivity index (χ1n) is 17.2. The number of amides is 4. The number of likely N-dealkylation sites (N-methyl/N-ethyl adjacent to an activating group) is 1. The van der Waals surface area contributed by atoms with Crippen LogP contribution in [-0.4, -0.2) is 91.1 Å². The molecule has 3 N–H and O–H groups in total. The molecule has 0 spiro atoms. The van der Waals surface area contributed by atoms with E-state index in [0.29, 0.717) is 41.8 Å². The standard InChI is InChI=1S/C38H48N4O8/c1-25-21-42(26(2)23-43)37(45)31-19-29(39-38(46)40-30-14-16-33-34(20-30)49-24-48-33)13-15-32(31)50-27(3)10-8-9-17-47-35(25)22-41(4)36(44)18-28-11-6-5-7-12-28/h5-7,11-16,19-20,25-27,35,43H,8-10,17-18,21-24H2,1-4H3,(H2,39,40,46)/t25-,26+,27-,35+/m1/s1. The molecule has 4 atom stereocenters. The average Bonchev–Trinajstić information content (AvgIpc) is 3.58. The highest BCUT2D eigenvalue weighted by atomic mass is 16.7. The molecule has 12 nitrogen and oxygen atoms in total. The number of carbonyl (C=O) groups is 3. The lowest BCUT2D eigenvalue weighted by Gasteiger charge is -2.36. The number of fused-ring (bicyclic) bond motifs is 2. The first-order chi connectivity index (χ1) is 24.1. The summed E-state index contributed by atoms with van der Waals surface area (Å²) < 4.78 is 23.5. The van der Waals surface area contributed by atoms with Crippen LogP contribution in [0, 0.1) is 5.92 Å². The number of benzene rings is 3. The normalized spacial score (nSPS) is 20.1. The quantitative estimate of drug-likeness (QED) is 0.280. The van der Waals surface area contributed by atoms with Crippen LogP contribution in [0.25, 0.3) is 0 Å². The summed E-state index contributed by atoms with van der Waals surface area (Å²) in [5, 5.41) is 15.9. The Morgan fingerprint density at radius 1 is 0.960 bits per heavy atom. The summed E-state index contributed by atoms with van der Waals surface area (Å²) in [6, 6.07) is 18.7. The second-order valence-corrected chi connectivity index (χ2v) is 13.1. The molecule has 268 valence electrons. The number of hydrogen-bond acceptors (Lipinski definition) is 8. The summed E-state index contributed by atoms with van der Waals surface area (Å²) in [7, 11) is 1.78. The van der Waals surface area contributed by atoms with Crippen LogP contribution < -0.4 is 24.8 Å². The Morgan fingerprint density at radius 2 is 1.66 bits per heavy atom. The zero-order valence-electron chi connectivity index (χ0n) is 29.2. The van der Waals surface area contributed by atoms with Crippen LogP contribution in [0.4, 0.5) is 16.2 Å². The Labute approximate surface area is 293 Å². The predicted octanol–water partition coefficient (Wildman–Crippen LogP) is 5.56. The topological polar surface area (TPSA) is 139 Å². The van der Waals surface area contributed by atoms with Crippen molar-refractivity contribution in [3.63, 3.8) is 0 Å². The van der Waals surface area contributed by atoms with Crippen molar-refractivity contribution in [1.82, 2.24) is 9.80 Å². The Kier molecular flexibility index (Phi) is 12.6. The van der Waals surface area contributed by atoms with Crippen molar-refractivity contribution in [1.29, 1.82) is 0 Å². The van der Waals surface area contributed by atoms with Crippen LogP contribution in [0.2, 0.25) is 0 Å². The molecule has 50 heavy (non-hydrogen) atoms. The second-order valence-electron chi connectivity index (χ2n) is 13.1. The highest BCUT2D eigenvalue weighted by molar-refractivity contribution is 6.02. The molecule has 2 aliphatic rings. The molecule has 12 heteroatoms. The van der Waals surface area contributed by atoms with E-state index >= 15 is 0 Å². The van der Waals surface area contributed by atoms with E-state index in [0.717, 1.165) is 24.8 Å². The van der Waals surface area contributed by atoms with Gasteiger partial charge in [0.2, 0.25) is 12.7 Å². The largest absolute Gasteiger partial charge is 0.490 e. The predicted molar refractivity (Wildman–Crippen MR) is 190 cm³/mol. The molecule has 0 fully saturated rings. The van der Waals surface area contributed by atoms with Crippen LogP contribution in [-0.2, 0) is 16.0 Å². The zero-order valence-corrected chi connectivity index (χ0v) is 29.2. The van der Waals surface area contributed by atoms with E-state index < -0.39 is 12.1 Å². The van der Waals surface area contributed by atoms with Gasteiger partial charge in [0.25, 0.3) is 5.91 Å². The molecule has 0 aliphatic carbocycles. The van der Waals surface area contributed by atoms with Gasteiger partial charge in [-0.1, -0.05) is 37.3 Å². The number of aliphatic hydroxyl groups excluding tert-OH is 1. The molecule has 2 aliphatic heterocycles. The number of nitrogens with one attached hydrogen (secondary N) is 2. The number of urea groups is 1. The molecule has 0 saturated carbocycles. The Balaban J connectivity index is 1.36. The van der Waals surface area contributed by atoms with Crippen molar-refractivity contribution in [2.45, 2.75) is 64.7 Å². The minimum atomic E-state index is -0.535. The maximum Gasteiger partial charge on any atom is 0.323 e. The molecule has 0 aromatic heterocycles. The van der Waals surface area contributed by atoms with Crippen LogP contribution in [0.3, 0.4) is 0 Å². The number of aliphatic hydroxyl groups is 1. The minimum absolute atomic E-state index is 0.0226. The molecule has 0 saturated heterocycles. The first kappa shape index (κ1) is 36.5. The summed E-state index contributed by atoms with van der Waals surface area (Å²) in [5.74, 6) is 0.960. The van der Waals surface area contributed by atoms with Crippen molar-refractivity contribution in [2.24, 2.45) is 5.92 Å². The molecule has 5 rings (SSSR count). The van der Waals surface area contributed by atoms with Crippen LogP contribution >= 0.6 is 0 Å². The van der Waals surface area contributed by atoms with Crippen molar-refractivity contribution in [2.75, 3.05) is 50.8 Å². The lowest BCUT2D eigenvalue weighted by atomic mass is 10.0. The Morgan fingerprint density at radius 3 is 2.40 bits per heavy atom. The maximum atomic E-state index is 14.4. The third-order valence-corrected chi connectivity index (χ3v) is 9.02. The number of anilines is 2. The molecular formula is C38H48N4O8. The summed E-state index contributed by atoms with van der Waals surface area (Å²) >= 11 is 0. The molecule has 3 aromatic rings. The first-order valence-corrected chi connectivity index (χ1v) is 17.2. The minimum Gasteiger partial charge on any atom is -0.490 e. The van der Waals surface area contributed by atoms with Gasteiger partial charge < -0.3 is 44.5 Å². The summed E-state index contributed by atoms with van der Waals surface area (Å²) in [6.45, 7) is 6.70. The fourth-order valence-corrected chi connectivity index (χ4v) is 6.01. The van der Waals surface area contributed by atoms with Gasteiger partial charge in [-0.25, -0.2) is 4.79 Å². The third kappa shape index (κ3) is 9.66. The van der Waals surface area contributed by atoms with E-state index in [-0.39, 0.29) is 61.9 Å². The highest BCUT2D eigenvalue weighted by Crippen LogP contribution is 2.34. The number of ether oxygens (including phenoxy) is 4. The van der Waals surface area contributed by atoms with Gasteiger partial charge in [-0.15, -0.1) is 0 Å². The zero-order chi connectivity index (χ0) is 35.6. The van der Waals surface area contributed by atoms with E-state index in [1.807, 2.05) is 44.2 Å². The summed E-state index contributed by atoms with van der Waals surface area (Å²) in [5.41, 5.74) is 2.10. The van der Waals surface area contributed by atoms with Gasteiger partial charge in [0, 0.05) is 50.1 Å². The van der Waals surface area contributed by atoms with Gasteiger partial charge in [-0.3, -0.25) is 9.59 Å². The average molecular weight is 689 g/mol. The Bertz CT molecular complexity index is 1620. The van der Waals surface area contributed by atoms with E-state index in [2.05, 4.69) is 10.6 Å². The van der Waals surface area contributed by atoms with Crippen LogP contribution in [0.5, 0.6) is 17.2 Å². The molecule has 4 amide bonds. The highest BCUT2D eigenvalue weighted by Gasteiger charge is 2.31. The number of nitrogens with zero attached hydrogens (tertiary/aromatic N) is 2. The van der Waals surface area contributed by atoms with E-state index in [9.17, 15) is 19.5 Å². The number of rotatable bonds is 8. The van der Waals surface area contributed by atoms with E-state index in [1.165, 1.54) is 0 Å². The lowest BCUT2D eigenvalue weighted by Crippen LogP contribution is -2.48. The second kappa shape index (κ2) is 17.2. The van der Waals surface area contributed by atoms with Gasteiger partial charge >= 0.3 is 6.03 Å². The molecule has 0 unspecified atom stereocenters. The van der Waals surface area contributed by atoms with Crippen LogP contribution in [0.1, 0.15) is 56.0 Å². The van der Waals surface area contributed by atoms with Gasteiger partial charge in [-0.2, -0.15) is 0 Å². The molecular weight excluding hydrogens is 640 g/mol. The SMILES string of the molecule is C[C@@H]1CCCCO[C@@H](CN(C)C(=O)Cc2ccccc2)[C@H](C)CN([C@@H](C)CO)C(=O)c2cc(NC(=O)Nc3ccc4c(c3)OCO4)ccc2O1. The smallest absolute Gasteiger partial charge is 0.323 e. The van der Waals surface area contributed by atoms with Crippen molar-refractivity contribution in [3.8, 4) is 17.2 Å². The van der Waals surface area contributed by atoms with E-state index in [1.54, 1.807) is 60.2 Å². The maximum absolute atomic E-state index is 14.4. The van der Waals surface area contributed by atoms with Crippen molar-refractivity contribution in [3.05, 3.63) is 77.9 Å². The van der Waals surface area contributed by atoms with Gasteiger partial charge in [-0.05, 0) is 69.0 Å². The van der Waals surface area contributed by atoms with E-state index in [4.69, 9.17) is 18.9 Å². The molecule has 2 heterocycles.